The molecule has 5 heteroatoms. The number of carbonyl (C=O) groups is 1. The van der Waals surface area contributed by atoms with Crippen LogP contribution in [0.3, 0.4) is 0 Å². The molecule has 0 unspecified atom stereocenters. The van der Waals surface area contributed by atoms with Crippen LogP contribution >= 0.6 is 0 Å². The summed E-state index contributed by atoms with van der Waals surface area (Å²) in [5, 5.41) is 2.83. The molecule has 114 valence electrons. The number of anilines is 1. The van der Waals surface area contributed by atoms with Gasteiger partial charge >= 0.3 is 0 Å². The largest absolute Gasteiger partial charge is 0.369 e. The molecule has 2 rings (SSSR count). The Morgan fingerprint density at radius 3 is 2.71 bits per heavy atom. The number of fused-ring (bicyclic) bond motifs is 1. The van der Waals surface area contributed by atoms with Gasteiger partial charge in [-0.2, -0.15) is 0 Å². The van der Waals surface area contributed by atoms with Crippen LogP contribution in [-0.2, 0) is 14.9 Å². The summed E-state index contributed by atoms with van der Waals surface area (Å²) in [6, 6.07) is 5.65. The van der Waals surface area contributed by atoms with E-state index >= 15 is 0 Å². The number of hydrogen-bond donors (Lipinski definition) is 2. The van der Waals surface area contributed by atoms with Crippen molar-refractivity contribution < 1.29 is 9.53 Å². The summed E-state index contributed by atoms with van der Waals surface area (Å²) in [4.78, 5) is 19.6. The number of carbonyl (C=O) groups excluding carboxylic acids is 1. The van der Waals surface area contributed by atoms with E-state index in [-0.39, 0.29) is 24.0 Å². The Kier molecular flexibility index (Phi) is 4.32. The second-order valence-corrected chi connectivity index (χ2v) is 6.48. The van der Waals surface area contributed by atoms with Crippen LogP contribution < -0.4 is 5.32 Å². The number of amides is 1. The predicted octanol–water partition coefficient (Wildman–Crippen LogP) is 3.22. The number of hydrogen-bond acceptors (Lipinski definition) is 3. The molecular formula is C16H23N3O2. The number of H-pyrrole nitrogens is 1. The minimum atomic E-state index is -0.154. The summed E-state index contributed by atoms with van der Waals surface area (Å²) in [5.41, 5.74) is 2.52. The fourth-order valence-electron chi connectivity index (χ4n) is 1.88. The highest BCUT2D eigenvalue weighted by molar-refractivity contribution is 5.93. The molecule has 2 aromatic rings. The highest BCUT2D eigenvalue weighted by atomic mass is 16.5. The standard InChI is InChI=1S/C16H23N3O2/c1-10(2)21-9-14(20)17-11-6-7-12-13(8-11)19-15(18-12)16(3,4)5/h6-8,10H,9H2,1-5H3,(H,17,20)(H,18,19). The summed E-state index contributed by atoms with van der Waals surface area (Å²) in [6.45, 7) is 10.2. The minimum Gasteiger partial charge on any atom is -0.369 e. The Bertz CT molecular complexity index is 638. The van der Waals surface area contributed by atoms with Gasteiger partial charge in [-0.05, 0) is 32.0 Å². The molecule has 1 aromatic heterocycles. The second kappa shape index (κ2) is 5.85. The Labute approximate surface area is 125 Å². The van der Waals surface area contributed by atoms with Gasteiger partial charge in [-0.3, -0.25) is 4.79 Å². The Morgan fingerprint density at radius 2 is 2.10 bits per heavy atom. The summed E-state index contributed by atoms with van der Waals surface area (Å²) in [7, 11) is 0. The smallest absolute Gasteiger partial charge is 0.250 e. The number of ether oxygens (including phenoxy) is 1. The molecule has 21 heavy (non-hydrogen) atoms. The molecule has 0 radical (unpaired) electrons. The fraction of sp³-hybridized carbons (Fsp3) is 0.500. The molecule has 0 saturated carbocycles. The number of nitrogens with zero attached hydrogens (tertiary/aromatic N) is 1. The van der Waals surface area contributed by atoms with Crippen molar-refractivity contribution in [2.24, 2.45) is 0 Å². The van der Waals surface area contributed by atoms with Gasteiger partial charge in [0.2, 0.25) is 5.91 Å². The fourth-order valence-corrected chi connectivity index (χ4v) is 1.88. The molecule has 0 atom stereocenters. The van der Waals surface area contributed by atoms with Crippen LogP contribution in [0.15, 0.2) is 18.2 Å². The quantitative estimate of drug-likeness (QED) is 0.908. The van der Waals surface area contributed by atoms with Gasteiger partial charge in [0.1, 0.15) is 12.4 Å². The zero-order valence-corrected chi connectivity index (χ0v) is 13.3. The zero-order valence-electron chi connectivity index (χ0n) is 13.3. The first-order valence-electron chi connectivity index (χ1n) is 7.17. The van der Waals surface area contributed by atoms with Crippen molar-refractivity contribution in [2.45, 2.75) is 46.1 Å². The van der Waals surface area contributed by atoms with Gasteiger partial charge in [-0.1, -0.05) is 20.8 Å². The van der Waals surface area contributed by atoms with Crippen molar-refractivity contribution in [1.82, 2.24) is 9.97 Å². The minimum absolute atomic E-state index is 0.0342. The predicted molar refractivity (Wildman–Crippen MR) is 84.5 cm³/mol. The first kappa shape index (κ1) is 15.5. The zero-order chi connectivity index (χ0) is 15.6. The van der Waals surface area contributed by atoms with Crippen LogP contribution in [0.5, 0.6) is 0 Å². The van der Waals surface area contributed by atoms with Crippen molar-refractivity contribution in [2.75, 3.05) is 11.9 Å². The molecular weight excluding hydrogens is 266 g/mol. The Hall–Kier alpha value is -1.88. The lowest BCUT2D eigenvalue weighted by Crippen LogP contribution is -2.20. The molecule has 5 nitrogen and oxygen atoms in total. The lowest BCUT2D eigenvalue weighted by Gasteiger charge is -2.13. The first-order valence-corrected chi connectivity index (χ1v) is 7.17. The van der Waals surface area contributed by atoms with E-state index in [9.17, 15) is 4.79 Å². The van der Waals surface area contributed by atoms with E-state index < -0.39 is 0 Å². The van der Waals surface area contributed by atoms with E-state index in [2.05, 4.69) is 36.1 Å². The third kappa shape index (κ3) is 4.04. The average Bonchev–Trinajstić information content (AvgIpc) is 2.79. The lowest BCUT2D eigenvalue weighted by atomic mass is 9.96. The number of nitrogens with one attached hydrogen (secondary N) is 2. The van der Waals surface area contributed by atoms with Gasteiger partial charge in [-0.15, -0.1) is 0 Å². The number of aromatic nitrogens is 2. The molecule has 0 aliphatic rings. The molecule has 0 bridgehead atoms. The van der Waals surface area contributed by atoms with Gasteiger partial charge in [-0.25, -0.2) is 4.98 Å². The van der Waals surface area contributed by atoms with Gasteiger partial charge in [0.15, 0.2) is 0 Å². The van der Waals surface area contributed by atoms with E-state index in [0.29, 0.717) is 0 Å². The molecule has 2 N–H and O–H groups in total. The number of imidazole rings is 1. The lowest BCUT2D eigenvalue weighted by molar-refractivity contribution is -0.121. The van der Waals surface area contributed by atoms with Crippen LogP contribution in [0, 0.1) is 0 Å². The molecule has 1 aromatic carbocycles. The molecule has 0 saturated heterocycles. The first-order chi connectivity index (χ1) is 9.75. The SMILES string of the molecule is CC(C)OCC(=O)Nc1ccc2nc(C(C)(C)C)[nH]c2c1. The molecule has 0 fully saturated rings. The number of aromatic amines is 1. The summed E-state index contributed by atoms with van der Waals surface area (Å²) in [6.07, 6.45) is 0.0418. The maximum Gasteiger partial charge on any atom is 0.250 e. The third-order valence-corrected chi connectivity index (χ3v) is 3.02. The van der Waals surface area contributed by atoms with Gasteiger partial charge in [0, 0.05) is 11.1 Å². The monoisotopic (exact) mass is 289 g/mol. The van der Waals surface area contributed by atoms with E-state index in [4.69, 9.17) is 4.74 Å². The maximum atomic E-state index is 11.8. The van der Waals surface area contributed by atoms with Crippen LogP contribution in [0.1, 0.15) is 40.4 Å². The summed E-state index contributed by atoms with van der Waals surface area (Å²) >= 11 is 0. The maximum absolute atomic E-state index is 11.8. The topological polar surface area (TPSA) is 67.0 Å². The van der Waals surface area contributed by atoms with Crippen LogP contribution in [0.2, 0.25) is 0 Å². The van der Waals surface area contributed by atoms with E-state index in [1.165, 1.54) is 0 Å². The van der Waals surface area contributed by atoms with E-state index in [1.807, 2.05) is 32.0 Å². The van der Waals surface area contributed by atoms with Crippen LogP contribution in [0.25, 0.3) is 11.0 Å². The molecule has 1 amide bonds. The number of rotatable bonds is 4. The van der Waals surface area contributed by atoms with E-state index in [1.54, 1.807) is 0 Å². The van der Waals surface area contributed by atoms with Crippen LogP contribution in [0.4, 0.5) is 5.69 Å². The Balaban J connectivity index is 2.13. The highest BCUT2D eigenvalue weighted by Gasteiger charge is 2.18. The normalized spacial score (nSPS) is 12.1. The van der Waals surface area contributed by atoms with Gasteiger partial charge in [0.05, 0.1) is 17.1 Å². The average molecular weight is 289 g/mol. The molecule has 0 aliphatic carbocycles. The van der Waals surface area contributed by atoms with Crippen LogP contribution in [-0.4, -0.2) is 28.6 Å². The molecule has 1 heterocycles. The summed E-state index contributed by atoms with van der Waals surface area (Å²) < 4.78 is 5.28. The van der Waals surface area contributed by atoms with E-state index in [0.717, 1.165) is 22.5 Å². The van der Waals surface area contributed by atoms with Crippen molar-refractivity contribution in [3.05, 3.63) is 24.0 Å². The highest BCUT2D eigenvalue weighted by Crippen LogP contribution is 2.24. The second-order valence-electron chi connectivity index (χ2n) is 6.48. The third-order valence-electron chi connectivity index (χ3n) is 3.02. The summed E-state index contributed by atoms with van der Waals surface area (Å²) in [5.74, 6) is 0.780. The molecule has 0 aliphatic heterocycles. The van der Waals surface area contributed by atoms with Gasteiger partial charge in [0.25, 0.3) is 0 Å². The van der Waals surface area contributed by atoms with Crippen molar-refractivity contribution in [1.29, 1.82) is 0 Å². The van der Waals surface area contributed by atoms with Crippen molar-refractivity contribution in [3.63, 3.8) is 0 Å². The van der Waals surface area contributed by atoms with Gasteiger partial charge < -0.3 is 15.0 Å². The molecule has 0 spiro atoms. The number of benzene rings is 1. The van der Waals surface area contributed by atoms with Crippen molar-refractivity contribution >= 4 is 22.6 Å². The Morgan fingerprint density at radius 1 is 1.38 bits per heavy atom. The van der Waals surface area contributed by atoms with Crippen molar-refractivity contribution in [3.8, 4) is 0 Å².